The van der Waals surface area contributed by atoms with E-state index >= 15 is 0 Å². The first-order valence-corrected chi connectivity index (χ1v) is 12.3. The van der Waals surface area contributed by atoms with Crippen LogP contribution >= 0.6 is 0 Å². The van der Waals surface area contributed by atoms with Gasteiger partial charge in [-0.25, -0.2) is 0 Å². The highest BCUT2D eigenvalue weighted by Gasteiger charge is 2.40. The molecule has 0 saturated heterocycles. The molecule has 0 aromatic heterocycles. The second-order valence-electron chi connectivity index (χ2n) is 9.09. The summed E-state index contributed by atoms with van der Waals surface area (Å²) in [5.41, 5.74) is 8.26. The van der Waals surface area contributed by atoms with Crippen molar-refractivity contribution in [2.24, 2.45) is 0 Å². The highest BCUT2D eigenvalue weighted by atomic mass is 16.2. The number of hydrogen-bond acceptors (Lipinski definition) is 2. The summed E-state index contributed by atoms with van der Waals surface area (Å²) >= 11 is 0. The second kappa shape index (κ2) is 10.1. The van der Waals surface area contributed by atoms with Gasteiger partial charge in [0.05, 0.1) is 16.8 Å². The molecule has 4 nitrogen and oxygen atoms in total. The van der Waals surface area contributed by atoms with Crippen LogP contribution in [0.3, 0.4) is 0 Å². The number of carbonyl (C=O) groups excluding carboxylic acids is 2. The Balaban J connectivity index is 1.56. The number of hydrogen-bond donors (Lipinski definition) is 1. The predicted octanol–water partition coefficient (Wildman–Crippen LogP) is 6.27. The summed E-state index contributed by atoms with van der Waals surface area (Å²) in [6, 6.07) is 26.1. The Kier molecular flexibility index (Phi) is 6.57. The van der Waals surface area contributed by atoms with Gasteiger partial charge in [0.15, 0.2) is 0 Å². The standard InChI is InChI=1S/C33H28N2O2/c1-4-6-10-22(5-2)24-13-17-26(18-14-24)28-21-35(3)33(37)30-29(28)32(36)34-31(30)27-19-15-25(16-20-27)23-11-8-7-9-12-23/h4-20H,2,21H2,1,3H3,(H,34,36)/b6-4-,22-10+. The molecule has 0 bridgehead atoms. The number of carbonyl (C=O) groups is 2. The molecular formula is C33H28N2O2. The first-order valence-electron chi connectivity index (χ1n) is 12.3. The van der Waals surface area contributed by atoms with E-state index in [9.17, 15) is 9.59 Å². The molecule has 3 aromatic rings. The van der Waals surface area contributed by atoms with Gasteiger partial charge >= 0.3 is 0 Å². The highest BCUT2D eigenvalue weighted by Crippen LogP contribution is 2.39. The van der Waals surface area contributed by atoms with Crippen molar-refractivity contribution in [2.75, 3.05) is 13.6 Å². The van der Waals surface area contributed by atoms with E-state index < -0.39 is 0 Å². The highest BCUT2D eigenvalue weighted by molar-refractivity contribution is 6.27. The number of nitrogens with zero attached hydrogens (tertiary/aromatic N) is 1. The van der Waals surface area contributed by atoms with Gasteiger partial charge in [-0.2, -0.15) is 0 Å². The second-order valence-corrected chi connectivity index (χ2v) is 9.09. The fourth-order valence-corrected chi connectivity index (χ4v) is 4.82. The maximum atomic E-state index is 13.3. The molecule has 0 atom stereocenters. The molecule has 2 aliphatic heterocycles. The molecule has 2 aliphatic rings. The van der Waals surface area contributed by atoms with E-state index in [2.05, 4.69) is 24.0 Å². The zero-order valence-corrected chi connectivity index (χ0v) is 21.0. The number of benzene rings is 3. The van der Waals surface area contributed by atoms with Crippen LogP contribution in [0.25, 0.3) is 28.0 Å². The van der Waals surface area contributed by atoms with Crippen LogP contribution in [0.2, 0.25) is 0 Å². The molecule has 5 rings (SSSR count). The van der Waals surface area contributed by atoms with Gasteiger partial charge in [-0.15, -0.1) is 0 Å². The van der Waals surface area contributed by atoms with Crippen LogP contribution in [0.1, 0.15) is 23.6 Å². The van der Waals surface area contributed by atoms with Crippen LogP contribution < -0.4 is 5.32 Å². The van der Waals surface area contributed by atoms with Gasteiger partial charge in [0.1, 0.15) is 0 Å². The third-order valence-corrected chi connectivity index (χ3v) is 6.76. The molecule has 4 heteroatoms. The maximum Gasteiger partial charge on any atom is 0.256 e. The van der Waals surface area contributed by atoms with Crippen molar-refractivity contribution in [2.45, 2.75) is 6.92 Å². The van der Waals surface area contributed by atoms with Gasteiger partial charge in [0, 0.05) is 13.6 Å². The summed E-state index contributed by atoms with van der Waals surface area (Å²) in [5.74, 6) is -0.392. The van der Waals surface area contributed by atoms with Crippen LogP contribution in [0.5, 0.6) is 0 Å². The van der Waals surface area contributed by atoms with Crippen LogP contribution in [-0.4, -0.2) is 30.3 Å². The lowest BCUT2D eigenvalue weighted by atomic mass is 9.89. The maximum absolute atomic E-state index is 13.3. The SMILES string of the molecule is C=C/C(=C\C=C/C)c1ccc(C2=C3C(=O)NC(c4ccc(-c5ccccc5)cc4)=C3C(=O)N(C)C2)cc1. The van der Waals surface area contributed by atoms with Crippen LogP contribution in [0.4, 0.5) is 0 Å². The number of amides is 2. The number of fused-ring (bicyclic) bond motifs is 1. The van der Waals surface area contributed by atoms with Gasteiger partial charge in [0.2, 0.25) is 0 Å². The van der Waals surface area contributed by atoms with E-state index in [1.165, 1.54) is 0 Å². The Hall–Kier alpha value is -4.70. The van der Waals surface area contributed by atoms with E-state index in [4.69, 9.17) is 0 Å². The lowest BCUT2D eigenvalue weighted by Gasteiger charge is -2.27. The van der Waals surface area contributed by atoms with Crippen LogP contribution in [0, 0.1) is 0 Å². The van der Waals surface area contributed by atoms with Crippen LogP contribution in [-0.2, 0) is 9.59 Å². The molecule has 0 fully saturated rings. The molecule has 0 spiro atoms. The quantitative estimate of drug-likeness (QED) is 0.420. The summed E-state index contributed by atoms with van der Waals surface area (Å²) in [6.07, 6.45) is 7.78. The van der Waals surface area contributed by atoms with Crippen molar-refractivity contribution in [3.63, 3.8) is 0 Å². The first kappa shape index (κ1) is 24.0. The van der Waals surface area contributed by atoms with E-state index in [-0.39, 0.29) is 11.8 Å². The molecule has 1 N–H and O–H groups in total. The molecule has 0 unspecified atom stereocenters. The molecule has 0 aliphatic carbocycles. The third kappa shape index (κ3) is 4.50. The topological polar surface area (TPSA) is 49.4 Å². The predicted molar refractivity (Wildman–Crippen MR) is 151 cm³/mol. The van der Waals surface area contributed by atoms with E-state index in [0.29, 0.717) is 23.4 Å². The number of likely N-dealkylation sites (N-methyl/N-ethyl adjacent to an activating group) is 1. The lowest BCUT2D eigenvalue weighted by Crippen LogP contribution is -2.35. The Bertz CT molecular complexity index is 1500. The van der Waals surface area contributed by atoms with Crippen molar-refractivity contribution in [3.05, 3.63) is 138 Å². The summed E-state index contributed by atoms with van der Waals surface area (Å²) < 4.78 is 0. The Morgan fingerprint density at radius 3 is 2.11 bits per heavy atom. The third-order valence-electron chi connectivity index (χ3n) is 6.76. The minimum Gasteiger partial charge on any atom is -0.337 e. The molecule has 0 saturated carbocycles. The monoisotopic (exact) mass is 484 g/mol. The Morgan fingerprint density at radius 2 is 1.46 bits per heavy atom. The Morgan fingerprint density at radius 1 is 0.838 bits per heavy atom. The van der Waals surface area contributed by atoms with E-state index in [1.807, 2.05) is 98.0 Å². The van der Waals surface area contributed by atoms with Crippen molar-refractivity contribution in [1.82, 2.24) is 10.2 Å². The number of rotatable bonds is 6. The zero-order valence-electron chi connectivity index (χ0n) is 21.0. The molecule has 3 aromatic carbocycles. The minimum atomic E-state index is -0.238. The van der Waals surface area contributed by atoms with E-state index in [1.54, 1.807) is 11.9 Å². The minimum absolute atomic E-state index is 0.154. The van der Waals surface area contributed by atoms with Crippen molar-refractivity contribution in [3.8, 4) is 11.1 Å². The van der Waals surface area contributed by atoms with Gasteiger partial charge in [-0.05, 0) is 45.9 Å². The summed E-state index contributed by atoms with van der Waals surface area (Å²) in [6.45, 7) is 6.26. The van der Waals surface area contributed by atoms with Crippen molar-refractivity contribution in [1.29, 1.82) is 0 Å². The first-order chi connectivity index (χ1) is 18.0. The van der Waals surface area contributed by atoms with Gasteiger partial charge in [-0.1, -0.05) is 110 Å². The Labute approximate surface area is 217 Å². The summed E-state index contributed by atoms with van der Waals surface area (Å²) in [4.78, 5) is 28.2. The van der Waals surface area contributed by atoms with Gasteiger partial charge < -0.3 is 10.2 Å². The summed E-state index contributed by atoms with van der Waals surface area (Å²) in [7, 11) is 1.77. The fourth-order valence-electron chi connectivity index (χ4n) is 4.82. The van der Waals surface area contributed by atoms with Crippen LogP contribution in [0.15, 0.2) is 121 Å². The summed E-state index contributed by atoms with van der Waals surface area (Å²) in [5, 5.41) is 2.99. The van der Waals surface area contributed by atoms with Gasteiger partial charge in [0.25, 0.3) is 11.8 Å². The van der Waals surface area contributed by atoms with Gasteiger partial charge in [-0.3, -0.25) is 9.59 Å². The largest absolute Gasteiger partial charge is 0.337 e. The number of allylic oxidation sites excluding steroid dienone is 5. The molecule has 2 amide bonds. The fraction of sp³-hybridized carbons (Fsp3) is 0.0909. The van der Waals surface area contributed by atoms with Crippen molar-refractivity contribution >= 4 is 28.7 Å². The molecule has 2 heterocycles. The average molecular weight is 485 g/mol. The molecular weight excluding hydrogens is 456 g/mol. The normalized spacial score (nSPS) is 15.9. The smallest absolute Gasteiger partial charge is 0.256 e. The number of nitrogens with one attached hydrogen (secondary N) is 1. The zero-order chi connectivity index (χ0) is 25.9. The van der Waals surface area contributed by atoms with E-state index in [0.717, 1.165) is 39.0 Å². The molecule has 0 radical (unpaired) electrons. The molecule has 182 valence electrons. The van der Waals surface area contributed by atoms with Crippen molar-refractivity contribution < 1.29 is 9.59 Å². The average Bonchev–Trinajstić information content (AvgIpc) is 3.29. The molecule has 37 heavy (non-hydrogen) atoms. The lowest BCUT2D eigenvalue weighted by molar-refractivity contribution is -0.126.